The maximum Gasteiger partial charge on any atom is 0.237 e. The molecule has 0 bridgehead atoms. The van der Waals surface area contributed by atoms with Crippen LogP contribution in [0.5, 0.6) is 0 Å². The summed E-state index contributed by atoms with van der Waals surface area (Å²) in [6, 6.07) is 8.20. The lowest BCUT2D eigenvalue weighted by molar-refractivity contribution is -0.121. The van der Waals surface area contributed by atoms with Gasteiger partial charge in [-0.05, 0) is 36.3 Å². The summed E-state index contributed by atoms with van der Waals surface area (Å²) in [6.45, 7) is 0. The molecule has 1 atom stereocenters. The number of rotatable bonds is 4. The van der Waals surface area contributed by atoms with Gasteiger partial charge in [0.2, 0.25) is 5.91 Å². The lowest BCUT2D eigenvalue weighted by Crippen LogP contribution is -2.40. The molecule has 104 valence electrons. The van der Waals surface area contributed by atoms with E-state index >= 15 is 0 Å². The number of hydrogen-bond acceptors (Lipinski definition) is 2. The second kappa shape index (κ2) is 6.71. The lowest BCUT2D eigenvalue weighted by Gasteiger charge is -2.22. The van der Waals surface area contributed by atoms with E-state index in [-0.39, 0.29) is 5.91 Å². The molecule has 0 radical (unpaired) electrons. The van der Waals surface area contributed by atoms with Crippen molar-refractivity contribution in [2.24, 2.45) is 5.73 Å². The van der Waals surface area contributed by atoms with Crippen LogP contribution in [0.1, 0.15) is 49.1 Å². The van der Waals surface area contributed by atoms with Crippen LogP contribution in [-0.2, 0) is 11.2 Å². The zero-order valence-corrected chi connectivity index (χ0v) is 11.7. The van der Waals surface area contributed by atoms with Crippen LogP contribution >= 0.6 is 0 Å². The van der Waals surface area contributed by atoms with Crippen molar-refractivity contribution in [3.05, 3.63) is 35.4 Å². The van der Waals surface area contributed by atoms with Gasteiger partial charge in [0.1, 0.15) is 0 Å². The summed E-state index contributed by atoms with van der Waals surface area (Å²) < 4.78 is 0. The van der Waals surface area contributed by atoms with Gasteiger partial charge in [0.15, 0.2) is 0 Å². The summed E-state index contributed by atoms with van der Waals surface area (Å²) >= 11 is 0. The number of likely N-dealkylation sites (N-methyl/N-ethyl adjacent to an activating group) is 1. The van der Waals surface area contributed by atoms with Crippen molar-refractivity contribution in [3.63, 3.8) is 0 Å². The Morgan fingerprint density at radius 1 is 1.26 bits per heavy atom. The summed E-state index contributed by atoms with van der Waals surface area (Å²) in [7, 11) is 1.62. The minimum absolute atomic E-state index is 0.101. The molecule has 0 spiro atoms. The Balaban J connectivity index is 1.96. The third-order valence-corrected chi connectivity index (χ3v) is 4.10. The molecule has 19 heavy (non-hydrogen) atoms. The average Bonchev–Trinajstić information content (AvgIpc) is 2.48. The van der Waals surface area contributed by atoms with Gasteiger partial charge >= 0.3 is 0 Å². The Hall–Kier alpha value is -1.35. The topological polar surface area (TPSA) is 55.1 Å². The highest BCUT2D eigenvalue weighted by atomic mass is 16.2. The van der Waals surface area contributed by atoms with E-state index in [1.165, 1.54) is 37.7 Å². The zero-order chi connectivity index (χ0) is 13.7. The standard InChI is InChI=1S/C16H24N2O/c1-18-16(19)15(17)11-12-7-9-14(10-8-12)13-5-3-2-4-6-13/h7-10,13,15H,2-6,11,17H2,1H3,(H,18,19). The van der Waals surface area contributed by atoms with E-state index in [0.29, 0.717) is 6.42 Å². The third-order valence-electron chi connectivity index (χ3n) is 4.10. The van der Waals surface area contributed by atoms with Crippen LogP contribution in [0.3, 0.4) is 0 Å². The van der Waals surface area contributed by atoms with Crippen molar-refractivity contribution in [2.75, 3.05) is 7.05 Å². The van der Waals surface area contributed by atoms with Crippen LogP contribution in [-0.4, -0.2) is 19.0 Å². The quantitative estimate of drug-likeness (QED) is 0.873. The monoisotopic (exact) mass is 260 g/mol. The van der Waals surface area contributed by atoms with E-state index in [0.717, 1.165) is 11.5 Å². The highest BCUT2D eigenvalue weighted by Gasteiger charge is 2.16. The maximum absolute atomic E-state index is 11.4. The summed E-state index contributed by atoms with van der Waals surface area (Å²) in [5, 5.41) is 2.58. The van der Waals surface area contributed by atoms with Gasteiger partial charge in [0.25, 0.3) is 0 Å². The zero-order valence-electron chi connectivity index (χ0n) is 11.7. The van der Waals surface area contributed by atoms with Crippen molar-refractivity contribution in [1.29, 1.82) is 0 Å². The number of hydrogen-bond donors (Lipinski definition) is 2. The fourth-order valence-electron chi connectivity index (χ4n) is 2.89. The molecule has 1 unspecified atom stereocenters. The van der Waals surface area contributed by atoms with Gasteiger partial charge in [0.05, 0.1) is 6.04 Å². The van der Waals surface area contributed by atoms with Crippen molar-refractivity contribution < 1.29 is 4.79 Å². The molecule has 3 heteroatoms. The number of nitrogens with two attached hydrogens (primary N) is 1. The van der Waals surface area contributed by atoms with E-state index in [4.69, 9.17) is 5.73 Å². The molecule has 1 aromatic carbocycles. The summed E-state index contributed by atoms with van der Waals surface area (Å²) in [5.74, 6) is 0.631. The van der Waals surface area contributed by atoms with Gasteiger partial charge in [-0.1, -0.05) is 43.5 Å². The molecular weight excluding hydrogens is 236 g/mol. The molecule has 2 rings (SSSR count). The first-order chi connectivity index (χ1) is 9.20. The molecule has 1 aromatic rings. The molecule has 0 heterocycles. The molecule has 1 aliphatic carbocycles. The summed E-state index contributed by atoms with van der Waals surface area (Å²) in [4.78, 5) is 11.4. The molecular formula is C16H24N2O. The second-order valence-electron chi connectivity index (χ2n) is 5.50. The van der Waals surface area contributed by atoms with E-state index in [1.54, 1.807) is 7.05 Å². The van der Waals surface area contributed by atoms with Crippen molar-refractivity contribution >= 4 is 5.91 Å². The Labute approximate surface area is 115 Å². The van der Waals surface area contributed by atoms with Gasteiger partial charge in [-0.15, -0.1) is 0 Å². The first-order valence-electron chi connectivity index (χ1n) is 7.26. The van der Waals surface area contributed by atoms with Gasteiger partial charge < -0.3 is 11.1 Å². The third kappa shape index (κ3) is 3.80. The van der Waals surface area contributed by atoms with Crippen LogP contribution in [0, 0.1) is 0 Å². The number of nitrogens with one attached hydrogen (secondary N) is 1. The van der Waals surface area contributed by atoms with E-state index in [1.807, 2.05) is 0 Å². The highest BCUT2D eigenvalue weighted by Crippen LogP contribution is 2.32. The van der Waals surface area contributed by atoms with Crippen LogP contribution in [0.4, 0.5) is 0 Å². The Kier molecular flexibility index (Phi) is 4.97. The van der Waals surface area contributed by atoms with Gasteiger partial charge in [-0.25, -0.2) is 0 Å². The van der Waals surface area contributed by atoms with E-state index < -0.39 is 6.04 Å². The predicted molar refractivity (Wildman–Crippen MR) is 78.0 cm³/mol. The van der Waals surface area contributed by atoms with E-state index in [2.05, 4.69) is 29.6 Å². The number of amides is 1. The summed E-state index contributed by atoms with van der Waals surface area (Å²) in [6.07, 6.45) is 7.33. The number of benzene rings is 1. The van der Waals surface area contributed by atoms with Crippen LogP contribution < -0.4 is 11.1 Å². The normalized spacial score (nSPS) is 18.0. The average molecular weight is 260 g/mol. The molecule has 3 N–H and O–H groups in total. The highest BCUT2D eigenvalue weighted by molar-refractivity contribution is 5.81. The molecule has 1 saturated carbocycles. The summed E-state index contributed by atoms with van der Waals surface area (Å²) in [5.41, 5.74) is 8.41. The maximum atomic E-state index is 11.4. The molecule has 3 nitrogen and oxygen atoms in total. The van der Waals surface area contributed by atoms with E-state index in [9.17, 15) is 4.79 Å². The molecule has 1 amide bonds. The lowest BCUT2D eigenvalue weighted by atomic mass is 9.84. The largest absolute Gasteiger partial charge is 0.358 e. The first kappa shape index (κ1) is 14.1. The SMILES string of the molecule is CNC(=O)C(N)Cc1ccc(C2CCCCC2)cc1. The molecule has 1 aliphatic rings. The van der Waals surface area contributed by atoms with Crippen molar-refractivity contribution in [3.8, 4) is 0 Å². The van der Waals surface area contributed by atoms with Gasteiger partial charge in [-0.3, -0.25) is 4.79 Å². The van der Waals surface area contributed by atoms with Crippen LogP contribution in [0.2, 0.25) is 0 Å². The fourth-order valence-corrected chi connectivity index (χ4v) is 2.89. The second-order valence-corrected chi connectivity index (χ2v) is 5.50. The predicted octanol–water partition coefficient (Wildman–Crippen LogP) is 2.35. The van der Waals surface area contributed by atoms with Gasteiger partial charge in [-0.2, -0.15) is 0 Å². The van der Waals surface area contributed by atoms with Crippen LogP contribution in [0.15, 0.2) is 24.3 Å². The molecule has 0 aromatic heterocycles. The Morgan fingerprint density at radius 3 is 2.47 bits per heavy atom. The van der Waals surface area contributed by atoms with Crippen LogP contribution in [0.25, 0.3) is 0 Å². The molecule has 0 saturated heterocycles. The Bertz CT molecular complexity index is 407. The molecule has 1 fully saturated rings. The minimum Gasteiger partial charge on any atom is -0.358 e. The van der Waals surface area contributed by atoms with Crippen molar-refractivity contribution in [1.82, 2.24) is 5.32 Å². The van der Waals surface area contributed by atoms with Gasteiger partial charge in [0, 0.05) is 7.05 Å². The first-order valence-corrected chi connectivity index (χ1v) is 7.26. The minimum atomic E-state index is -0.453. The Morgan fingerprint density at radius 2 is 1.89 bits per heavy atom. The smallest absolute Gasteiger partial charge is 0.237 e. The molecule has 0 aliphatic heterocycles. The number of carbonyl (C=O) groups is 1. The fraction of sp³-hybridized carbons (Fsp3) is 0.562. The number of carbonyl (C=O) groups excluding carboxylic acids is 1. The van der Waals surface area contributed by atoms with Crippen molar-refractivity contribution in [2.45, 2.75) is 50.5 Å².